The lowest BCUT2D eigenvalue weighted by molar-refractivity contribution is 0.295. The minimum absolute atomic E-state index is 0.109. The molecule has 0 amide bonds. The highest BCUT2D eigenvalue weighted by Crippen LogP contribution is 2.13. The zero-order valence-electron chi connectivity index (χ0n) is 4.82. The minimum atomic E-state index is -0.109. The first-order chi connectivity index (χ1) is 4.25. The number of rotatable bonds is 0. The van der Waals surface area contributed by atoms with Crippen LogP contribution in [-0.4, -0.2) is 28.4 Å². The lowest BCUT2D eigenvalue weighted by Crippen LogP contribution is -2.28. The molecule has 9 heavy (non-hydrogen) atoms. The van der Waals surface area contributed by atoms with Gasteiger partial charge in [0, 0.05) is 7.05 Å². The zero-order valence-corrected chi connectivity index (χ0v) is 6.41. The molecule has 0 aliphatic carbocycles. The summed E-state index contributed by atoms with van der Waals surface area (Å²) in [6.07, 6.45) is 3.41. The summed E-state index contributed by atoms with van der Waals surface area (Å²) in [5, 5.41) is 13.7. The summed E-state index contributed by atoms with van der Waals surface area (Å²) in [6, 6.07) is 0. The maximum absolute atomic E-state index is 8.38. The Bertz CT molecular complexity index is 172. The van der Waals surface area contributed by atoms with Gasteiger partial charge in [0.2, 0.25) is 0 Å². The van der Waals surface area contributed by atoms with Crippen molar-refractivity contribution < 1.29 is 0 Å². The van der Waals surface area contributed by atoms with Crippen molar-refractivity contribution >= 4 is 22.3 Å². The van der Waals surface area contributed by atoms with Crippen LogP contribution < -0.4 is 0 Å². The highest BCUT2D eigenvalue weighted by Gasteiger charge is 2.20. The highest BCUT2D eigenvalue weighted by atomic mass is 79.9. The molecule has 1 heterocycles. The van der Waals surface area contributed by atoms with Gasteiger partial charge in [-0.2, -0.15) is 10.4 Å². The summed E-state index contributed by atoms with van der Waals surface area (Å²) < 4.78 is 0. The molecule has 0 aromatic carbocycles. The summed E-state index contributed by atoms with van der Waals surface area (Å²) in [5.74, 6) is 0. The number of alkyl halides is 1. The molecule has 4 nitrogen and oxygen atoms in total. The molecule has 0 saturated carbocycles. The van der Waals surface area contributed by atoms with Gasteiger partial charge in [-0.3, -0.25) is 5.01 Å². The smallest absolute Gasteiger partial charge is 0.188 e. The topological polar surface area (TPSA) is 42.6 Å². The third-order valence-electron chi connectivity index (χ3n) is 1.01. The Balaban J connectivity index is 2.65. The zero-order chi connectivity index (χ0) is 6.85. The van der Waals surface area contributed by atoms with E-state index in [1.165, 1.54) is 11.2 Å². The summed E-state index contributed by atoms with van der Waals surface area (Å²) in [5.41, 5.74) is 0. The second kappa shape index (κ2) is 2.23. The van der Waals surface area contributed by atoms with E-state index in [1.54, 1.807) is 12.1 Å². The average Bonchev–Trinajstić information content (AvgIpc) is 2.15. The number of hydrogen-bond acceptors (Lipinski definition) is 4. The minimum Gasteiger partial charge on any atom is -0.265 e. The van der Waals surface area contributed by atoms with Crippen molar-refractivity contribution in [3.8, 4) is 6.19 Å². The van der Waals surface area contributed by atoms with E-state index in [1.807, 2.05) is 6.19 Å². The normalized spacial score (nSPS) is 24.8. The maximum atomic E-state index is 8.38. The molecule has 0 bridgehead atoms. The van der Waals surface area contributed by atoms with Crippen LogP contribution in [0.5, 0.6) is 0 Å². The van der Waals surface area contributed by atoms with Gasteiger partial charge in [-0.1, -0.05) is 0 Å². The number of nitriles is 1. The largest absolute Gasteiger partial charge is 0.265 e. The number of hydrazone groups is 1. The number of nitrogens with zero attached hydrogens (tertiary/aromatic N) is 4. The summed E-state index contributed by atoms with van der Waals surface area (Å²) in [4.78, 5) is 1.40. The first-order valence-electron chi connectivity index (χ1n) is 2.35. The molecule has 0 spiro atoms. The fraction of sp³-hybridized carbons (Fsp3) is 0.500. The van der Waals surface area contributed by atoms with E-state index in [0.29, 0.717) is 0 Å². The van der Waals surface area contributed by atoms with Crippen molar-refractivity contribution in [2.45, 2.75) is 5.08 Å². The lowest BCUT2D eigenvalue weighted by atomic mass is 10.8. The monoisotopic (exact) mass is 188 g/mol. The van der Waals surface area contributed by atoms with Crippen LogP contribution in [0.1, 0.15) is 0 Å². The second-order valence-electron chi connectivity index (χ2n) is 1.62. The van der Waals surface area contributed by atoms with Gasteiger partial charge < -0.3 is 0 Å². The molecule has 1 aliphatic rings. The van der Waals surface area contributed by atoms with E-state index in [-0.39, 0.29) is 5.08 Å². The van der Waals surface area contributed by atoms with Gasteiger partial charge >= 0.3 is 0 Å². The first-order valence-corrected chi connectivity index (χ1v) is 3.26. The predicted molar refractivity (Wildman–Crippen MR) is 36.4 cm³/mol. The molecule has 5 heteroatoms. The highest BCUT2D eigenvalue weighted by molar-refractivity contribution is 9.09. The Morgan fingerprint density at radius 3 is 2.78 bits per heavy atom. The van der Waals surface area contributed by atoms with Gasteiger partial charge in [-0.05, 0) is 15.9 Å². The van der Waals surface area contributed by atoms with Crippen molar-refractivity contribution in [1.29, 1.82) is 5.26 Å². The third kappa shape index (κ3) is 0.980. The molecule has 0 saturated heterocycles. The first kappa shape index (κ1) is 6.36. The molecule has 1 aliphatic heterocycles. The molecule has 0 radical (unpaired) electrons. The SMILES string of the molecule is CN1N=CN(C#N)C1Br. The predicted octanol–water partition coefficient (Wildman–Crippen LogP) is 0.337. The summed E-state index contributed by atoms with van der Waals surface area (Å²) in [6.45, 7) is 0. The quantitative estimate of drug-likeness (QED) is 0.313. The fourth-order valence-corrected chi connectivity index (χ4v) is 0.804. The van der Waals surface area contributed by atoms with Gasteiger partial charge in [0.25, 0.3) is 0 Å². The Hall–Kier alpha value is -0.760. The Labute approximate surface area is 61.5 Å². The van der Waals surface area contributed by atoms with Gasteiger partial charge in [0.05, 0.1) is 0 Å². The fourth-order valence-electron chi connectivity index (χ4n) is 0.501. The van der Waals surface area contributed by atoms with Crippen molar-refractivity contribution in [3.05, 3.63) is 0 Å². The van der Waals surface area contributed by atoms with Crippen LogP contribution in [0.25, 0.3) is 0 Å². The van der Waals surface area contributed by atoms with Crippen LogP contribution >= 0.6 is 15.9 Å². The molecular weight excluding hydrogens is 184 g/mol. The maximum Gasteiger partial charge on any atom is 0.188 e. The Morgan fingerprint density at radius 1 is 1.89 bits per heavy atom. The van der Waals surface area contributed by atoms with Gasteiger partial charge in [0.15, 0.2) is 11.3 Å². The van der Waals surface area contributed by atoms with Crippen molar-refractivity contribution in [2.24, 2.45) is 5.10 Å². The van der Waals surface area contributed by atoms with Crippen molar-refractivity contribution in [2.75, 3.05) is 7.05 Å². The second-order valence-corrected chi connectivity index (χ2v) is 2.44. The van der Waals surface area contributed by atoms with E-state index in [9.17, 15) is 0 Å². The molecule has 1 atom stereocenters. The Morgan fingerprint density at radius 2 is 2.56 bits per heavy atom. The lowest BCUT2D eigenvalue weighted by Gasteiger charge is -2.14. The molecule has 1 rings (SSSR count). The standard InChI is InChI=1S/C4H5BrN4/c1-8-4(5)9(2-6)3-7-8/h3-4H,1H3. The third-order valence-corrected chi connectivity index (χ3v) is 2.05. The molecule has 0 aromatic heterocycles. The average molecular weight is 189 g/mol. The van der Waals surface area contributed by atoms with Crippen molar-refractivity contribution in [3.63, 3.8) is 0 Å². The molecule has 0 N–H and O–H groups in total. The summed E-state index contributed by atoms with van der Waals surface area (Å²) in [7, 11) is 1.78. The van der Waals surface area contributed by atoms with Crippen LogP contribution in [0.15, 0.2) is 5.10 Å². The van der Waals surface area contributed by atoms with E-state index in [4.69, 9.17) is 5.26 Å². The molecular formula is C4H5BrN4. The molecule has 0 aromatic rings. The van der Waals surface area contributed by atoms with Crippen LogP contribution in [-0.2, 0) is 0 Å². The van der Waals surface area contributed by atoms with E-state index in [0.717, 1.165) is 0 Å². The van der Waals surface area contributed by atoms with Gasteiger partial charge in [-0.25, -0.2) is 4.90 Å². The van der Waals surface area contributed by atoms with E-state index >= 15 is 0 Å². The van der Waals surface area contributed by atoms with E-state index in [2.05, 4.69) is 21.0 Å². The number of hydrogen-bond donors (Lipinski definition) is 0. The molecule has 0 fully saturated rings. The van der Waals surface area contributed by atoms with Crippen LogP contribution in [0.4, 0.5) is 0 Å². The van der Waals surface area contributed by atoms with Crippen LogP contribution in [0.2, 0.25) is 0 Å². The van der Waals surface area contributed by atoms with Gasteiger partial charge in [0.1, 0.15) is 6.34 Å². The van der Waals surface area contributed by atoms with Crippen molar-refractivity contribution in [1.82, 2.24) is 9.91 Å². The van der Waals surface area contributed by atoms with Crippen LogP contribution in [0, 0.1) is 11.5 Å². The number of halogens is 1. The van der Waals surface area contributed by atoms with E-state index < -0.39 is 0 Å². The molecule has 1 unspecified atom stereocenters. The van der Waals surface area contributed by atoms with Crippen LogP contribution in [0.3, 0.4) is 0 Å². The molecule has 48 valence electrons. The van der Waals surface area contributed by atoms with Gasteiger partial charge in [-0.15, -0.1) is 0 Å². The Kier molecular flexibility index (Phi) is 1.58. The summed E-state index contributed by atoms with van der Waals surface area (Å²) >= 11 is 3.23.